The Hall–Kier alpha value is -0.530. The summed E-state index contributed by atoms with van der Waals surface area (Å²) in [7, 11) is 0. The molecule has 0 aromatic carbocycles. The smallest absolute Gasteiger partial charge is 0.308 e. The number of carbonyl (C=O) groups excluding carboxylic acids is 1. The molecule has 46 heavy (non-hydrogen) atoms. The fraction of sp³-hybridized carbons (Fsp3) is 0.977. The van der Waals surface area contributed by atoms with Crippen molar-refractivity contribution in [2.75, 3.05) is 6.61 Å². The van der Waals surface area contributed by atoms with Gasteiger partial charge in [-0.2, -0.15) is 0 Å². The summed E-state index contributed by atoms with van der Waals surface area (Å²) in [6.07, 6.45) is 51.3. The van der Waals surface area contributed by atoms with Gasteiger partial charge in [-0.05, 0) is 19.3 Å². The molecule has 2 heteroatoms. The van der Waals surface area contributed by atoms with Gasteiger partial charge in [0.2, 0.25) is 0 Å². The van der Waals surface area contributed by atoms with Gasteiger partial charge in [-0.25, -0.2) is 0 Å². The van der Waals surface area contributed by atoms with Crippen LogP contribution in [-0.4, -0.2) is 12.6 Å². The molecule has 0 heterocycles. The molecule has 0 N–H and O–H groups in total. The molecule has 1 atom stereocenters. The van der Waals surface area contributed by atoms with Gasteiger partial charge in [-0.1, -0.05) is 245 Å². The zero-order valence-corrected chi connectivity index (χ0v) is 32.5. The van der Waals surface area contributed by atoms with E-state index in [1.54, 1.807) is 0 Å². The number of unbranched alkanes of at least 4 members (excludes halogenated alkanes) is 33. The quantitative estimate of drug-likeness (QED) is 0.0488. The molecular weight excluding hydrogens is 560 g/mol. The number of rotatable bonds is 40. The summed E-state index contributed by atoms with van der Waals surface area (Å²) in [4.78, 5) is 13.1. The Bertz CT molecular complexity index is 558. The number of carbonyl (C=O) groups is 1. The van der Waals surface area contributed by atoms with Crippen LogP contribution < -0.4 is 0 Å². The van der Waals surface area contributed by atoms with Gasteiger partial charge >= 0.3 is 5.97 Å². The molecule has 0 aromatic heterocycles. The van der Waals surface area contributed by atoms with Crippen LogP contribution in [0.1, 0.15) is 265 Å². The van der Waals surface area contributed by atoms with Crippen LogP contribution in [0.2, 0.25) is 0 Å². The van der Waals surface area contributed by atoms with Crippen molar-refractivity contribution in [2.24, 2.45) is 5.92 Å². The van der Waals surface area contributed by atoms with Crippen LogP contribution in [-0.2, 0) is 9.53 Å². The molecule has 0 fully saturated rings. The summed E-state index contributed by atoms with van der Waals surface area (Å²) in [5, 5.41) is 0. The van der Waals surface area contributed by atoms with Gasteiger partial charge in [0.05, 0.1) is 12.5 Å². The molecule has 0 aliphatic carbocycles. The molecule has 0 saturated carbocycles. The van der Waals surface area contributed by atoms with Crippen LogP contribution >= 0.6 is 0 Å². The van der Waals surface area contributed by atoms with Crippen molar-refractivity contribution in [3.05, 3.63) is 0 Å². The number of hydrogen-bond donors (Lipinski definition) is 0. The lowest BCUT2D eigenvalue weighted by atomic mass is 9.94. The van der Waals surface area contributed by atoms with Crippen molar-refractivity contribution in [1.29, 1.82) is 0 Å². The highest BCUT2D eigenvalue weighted by Crippen LogP contribution is 2.22. The highest BCUT2D eigenvalue weighted by atomic mass is 16.5. The summed E-state index contributed by atoms with van der Waals surface area (Å²) in [6, 6.07) is 0. The van der Waals surface area contributed by atoms with E-state index in [1.807, 2.05) is 0 Å². The zero-order chi connectivity index (χ0) is 33.4. The van der Waals surface area contributed by atoms with Gasteiger partial charge in [0.15, 0.2) is 0 Å². The summed E-state index contributed by atoms with van der Waals surface area (Å²) in [6.45, 7) is 7.53. The van der Waals surface area contributed by atoms with Gasteiger partial charge in [0, 0.05) is 0 Å². The summed E-state index contributed by atoms with van der Waals surface area (Å²) < 4.78 is 5.87. The molecule has 0 amide bonds. The fourth-order valence-electron chi connectivity index (χ4n) is 7.08. The molecular formula is C44H88O2. The molecule has 0 spiro atoms. The minimum Gasteiger partial charge on any atom is -0.465 e. The predicted molar refractivity (Wildman–Crippen MR) is 207 cm³/mol. The molecule has 276 valence electrons. The summed E-state index contributed by atoms with van der Waals surface area (Å²) >= 11 is 0. The van der Waals surface area contributed by atoms with E-state index < -0.39 is 0 Å². The molecule has 0 aromatic rings. The highest BCUT2D eigenvalue weighted by Gasteiger charge is 2.19. The molecule has 0 rings (SSSR count). The van der Waals surface area contributed by atoms with Crippen LogP contribution in [0, 0.1) is 5.92 Å². The van der Waals surface area contributed by atoms with Gasteiger partial charge in [0.1, 0.15) is 0 Å². The molecule has 1 unspecified atom stereocenters. The van der Waals surface area contributed by atoms with E-state index in [-0.39, 0.29) is 11.9 Å². The third-order valence-corrected chi connectivity index (χ3v) is 10.4. The Morgan fingerprint density at radius 2 is 0.543 bits per heavy atom. The lowest BCUT2D eigenvalue weighted by molar-refractivity contribution is -0.149. The Morgan fingerprint density at radius 3 is 0.804 bits per heavy atom. The monoisotopic (exact) mass is 649 g/mol. The second kappa shape index (κ2) is 40.6. The average Bonchev–Trinajstić information content (AvgIpc) is 3.06. The second-order valence-electron chi connectivity index (χ2n) is 15.1. The van der Waals surface area contributed by atoms with Crippen molar-refractivity contribution in [2.45, 2.75) is 265 Å². The minimum atomic E-state index is 0.119. The Morgan fingerprint density at radius 1 is 0.326 bits per heavy atom. The second-order valence-corrected chi connectivity index (χ2v) is 15.1. The van der Waals surface area contributed by atoms with Crippen molar-refractivity contribution >= 4 is 5.97 Å². The van der Waals surface area contributed by atoms with Crippen molar-refractivity contribution in [3.8, 4) is 0 Å². The van der Waals surface area contributed by atoms with E-state index in [0.717, 1.165) is 19.3 Å². The first kappa shape index (κ1) is 45.5. The molecule has 0 aliphatic rings. The van der Waals surface area contributed by atoms with E-state index in [0.29, 0.717) is 6.61 Å². The lowest BCUT2D eigenvalue weighted by Gasteiger charge is -2.16. The summed E-state index contributed by atoms with van der Waals surface area (Å²) in [5.74, 6) is 0.262. The maximum Gasteiger partial charge on any atom is 0.308 e. The van der Waals surface area contributed by atoms with E-state index in [9.17, 15) is 4.79 Å². The lowest BCUT2D eigenvalue weighted by Crippen LogP contribution is -2.18. The maximum atomic E-state index is 13.1. The third kappa shape index (κ3) is 36.3. The first-order chi connectivity index (χ1) is 22.8. The van der Waals surface area contributed by atoms with Gasteiger partial charge in [0.25, 0.3) is 0 Å². The first-order valence-electron chi connectivity index (χ1n) is 21.9. The molecule has 0 saturated heterocycles. The Labute approximate surface area is 292 Å². The largest absolute Gasteiger partial charge is 0.465 e. The van der Waals surface area contributed by atoms with Crippen LogP contribution in [0.15, 0.2) is 0 Å². The van der Waals surface area contributed by atoms with E-state index in [2.05, 4.69) is 20.8 Å². The molecule has 0 aliphatic heterocycles. The molecule has 0 radical (unpaired) electrons. The normalized spacial score (nSPS) is 12.2. The summed E-state index contributed by atoms with van der Waals surface area (Å²) in [5.41, 5.74) is 0. The third-order valence-electron chi connectivity index (χ3n) is 10.4. The zero-order valence-electron chi connectivity index (χ0n) is 32.5. The van der Waals surface area contributed by atoms with Crippen LogP contribution in [0.3, 0.4) is 0 Å². The molecule has 0 bridgehead atoms. The van der Waals surface area contributed by atoms with E-state index in [4.69, 9.17) is 4.74 Å². The van der Waals surface area contributed by atoms with Crippen molar-refractivity contribution < 1.29 is 9.53 Å². The standard InChI is InChI=1S/C44H88O2/c1-4-7-10-13-16-19-22-23-24-26-29-32-35-38-41-43(40-37-34-31-28-25-20-17-14-11-8-5-2)44(45)46-42-39-36-33-30-27-21-18-15-12-9-6-3/h43H,4-42H2,1-3H3. The van der Waals surface area contributed by atoms with E-state index >= 15 is 0 Å². The maximum absolute atomic E-state index is 13.1. The van der Waals surface area contributed by atoms with Crippen LogP contribution in [0.4, 0.5) is 0 Å². The van der Waals surface area contributed by atoms with Crippen molar-refractivity contribution in [3.63, 3.8) is 0 Å². The van der Waals surface area contributed by atoms with E-state index in [1.165, 1.54) is 225 Å². The predicted octanol–water partition coefficient (Wildman–Crippen LogP) is 16.0. The Balaban J connectivity index is 4.05. The Kier molecular flexibility index (Phi) is 40.2. The van der Waals surface area contributed by atoms with Gasteiger partial charge in [-0.3, -0.25) is 4.79 Å². The fourth-order valence-corrected chi connectivity index (χ4v) is 7.08. The molecule has 2 nitrogen and oxygen atoms in total. The van der Waals surface area contributed by atoms with Crippen molar-refractivity contribution in [1.82, 2.24) is 0 Å². The topological polar surface area (TPSA) is 26.3 Å². The first-order valence-corrected chi connectivity index (χ1v) is 21.9. The number of esters is 1. The van der Waals surface area contributed by atoms with Gasteiger partial charge < -0.3 is 4.74 Å². The van der Waals surface area contributed by atoms with Crippen LogP contribution in [0.25, 0.3) is 0 Å². The van der Waals surface area contributed by atoms with Gasteiger partial charge in [-0.15, -0.1) is 0 Å². The minimum absolute atomic E-state index is 0.119. The number of hydrogen-bond acceptors (Lipinski definition) is 2. The highest BCUT2D eigenvalue weighted by molar-refractivity contribution is 5.72. The van der Waals surface area contributed by atoms with Crippen LogP contribution in [0.5, 0.6) is 0 Å². The SMILES string of the molecule is CCCCCCCCCCCCCCCCC(CCCCCCCCCCCCC)C(=O)OCCCCCCCCCCCCC. The average molecular weight is 649 g/mol. The number of ether oxygens (including phenoxy) is 1.